The van der Waals surface area contributed by atoms with Crippen molar-refractivity contribution in [2.75, 3.05) is 19.8 Å². The SMILES string of the molecule is O=C(NCCn1nc2c(cc1=O)CCCC2)NC1CCOCC1. The quantitative estimate of drug-likeness (QED) is 0.851. The van der Waals surface area contributed by atoms with Crippen LogP contribution in [-0.4, -0.2) is 41.6 Å². The van der Waals surface area contributed by atoms with Crippen LogP contribution in [0.25, 0.3) is 0 Å². The maximum absolute atomic E-state index is 12.0. The molecule has 1 aliphatic heterocycles. The third-order valence-electron chi connectivity index (χ3n) is 4.44. The first kappa shape index (κ1) is 16.0. The normalized spacial score (nSPS) is 18.3. The second-order valence-electron chi connectivity index (χ2n) is 6.17. The van der Waals surface area contributed by atoms with Gasteiger partial charge in [0.2, 0.25) is 0 Å². The van der Waals surface area contributed by atoms with Gasteiger partial charge in [-0.2, -0.15) is 5.10 Å². The third kappa shape index (κ3) is 4.31. The Morgan fingerprint density at radius 3 is 2.91 bits per heavy atom. The summed E-state index contributed by atoms with van der Waals surface area (Å²) in [5, 5.41) is 10.2. The summed E-state index contributed by atoms with van der Waals surface area (Å²) in [6, 6.07) is 1.68. The smallest absolute Gasteiger partial charge is 0.315 e. The van der Waals surface area contributed by atoms with E-state index in [2.05, 4.69) is 15.7 Å². The molecule has 0 radical (unpaired) electrons. The molecule has 1 aliphatic carbocycles. The van der Waals surface area contributed by atoms with Gasteiger partial charge in [-0.05, 0) is 44.1 Å². The number of urea groups is 1. The van der Waals surface area contributed by atoms with Gasteiger partial charge in [-0.15, -0.1) is 0 Å². The van der Waals surface area contributed by atoms with Crippen molar-refractivity contribution in [3.63, 3.8) is 0 Å². The van der Waals surface area contributed by atoms with E-state index in [1.54, 1.807) is 6.07 Å². The van der Waals surface area contributed by atoms with Gasteiger partial charge >= 0.3 is 6.03 Å². The molecule has 7 nitrogen and oxygen atoms in total. The molecule has 0 saturated carbocycles. The van der Waals surface area contributed by atoms with E-state index in [9.17, 15) is 9.59 Å². The van der Waals surface area contributed by atoms with Crippen molar-refractivity contribution in [1.82, 2.24) is 20.4 Å². The summed E-state index contributed by atoms with van der Waals surface area (Å²) in [5.74, 6) is 0. The van der Waals surface area contributed by atoms with E-state index in [4.69, 9.17) is 4.74 Å². The van der Waals surface area contributed by atoms with Crippen molar-refractivity contribution < 1.29 is 9.53 Å². The van der Waals surface area contributed by atoms with Gasteiger partial charge in [0.05, 0.1) is 12.2 Å². The molecule has 0 spiro atoms. The van der Waals surface area contributed by atoms with Gasteiger partial charge in [0.25, 0.3) is 5.56 Å². The largest absolute Gasteiger partial charge is 0.381 e. The molecule has 3 rings (SSSR count). The number of hydrogen-bond donors (Lipinski definition) is 2. The van der Waals surface area contributed by atoms with Gasteiger partial charge in [-0.1, -0.05) is 0 Å². The highest BCUT2D eigenvalue weighted by Gasteiger charge is 2.16. The van der Waals surface area contributed by atoms with E-state index >= 15 is 0 Å². The maximum atomic E-state index is 12.0. The van der Waals surface area contributed by atoms with E-state index in [1.165, 1.54) is 4.68 Å². The maximum Gasteiger partial charge on any atom is 0.315 e. The fraction of sp³-hybridized carbons (Fsp3) is 0.688. The van der Waals surface area contributed by atoms with Crippen LogP contribution in [-0.2, 0) is 24.1 Å². The first-order valence-electron chi connectivity index (χ1n) is 8.44. The number of carbonyl (C=O) groups excluding carboxylic acids is 1. The highest BCUT2D eigenvalue weighted by Crippen LogP contribution is 2.16. The lowest BCUT2D eigenvalue weighted by Crippen LogP contribution is -2.45. The van der Waals surface area contributed by atoms with Crippen molar-refractivity contribution in [1.29, 1.82) is 0 Å². The van der Waals surface area contributed by atoms with Crippen LogP contribution in [0.1, 0.15) is 36.9 Å². The van der Waals surface area contributed by atoms with Gasteiger partial charge < -0.3 is 15.4 Å². The standard InChI is InChI=1S/C16H24N4O3/c21-15-11-12-3-1-2-4-14(12)19-20(15)8-7-17-16(22)18-13-5-9-23-10-6-13/h11,13H,1-10H2,(H2,17,18,22). The topological polar surface area (TPSA) is 85.2 Å². The molecule has 2 heterocycles. The molecule has 1 fully saturated rings. The molecule has 1 aromatic heterocycles. The molecule has 2 amide bonds. The molecular formula is C16H24N4O3. The number of hydrogen-bond acceptors (Lipinski definition) is 4. The van der Waals surface area contributed by atoms with Crippen molar-refractivity contribution >= 4 is 6.03 Å². The lowest BCUT2D eigenvalue weighted by molar-refractivity contribution is 0.0801. The van der Waals surface area contributed by atoms with Crippen LogP contribution in [0.3, 0.4) is 0 Å². The van der Waals surface area contributed by atoms with E-state index in [0.29, 0.717) is 26.3 Å². The Hall–Kier alpha value is -1.89. The van der Waals surface area contributed by atoms with Crippen LogP contribution in [0.15, 0.2) is 10.9 Å². The highest BCUT2D eigenvalue weighted by atomic mass is 16.5. The number of fused-ring (bicyclic) bond motifs is 1. The van der Waals surface area contributed by atoms with Crippen LogP contribution in [0.2, 0.25) is 0 Å². The molecule has 0 atom stereocenters. The molecule has 0 unspecified atom stereocenters. The van der Waals surface area contributed by atoms with Gasteiger partial charge in [-0.25, -0.2) is 9.48 Å². The van der Waals surface area contributed by atoms with E-state index in [0.717, 1.165) is 49.8 Å². The van der Waals surface area contributed by atoms with E-state index in [-0.39, 0.29) is 17.6 Å². The molecule has 23 heavy (non-hydrogen) atoms. The third-order valence-corrected chi connectivity index (χ3v) is 4.44. The van der Waals surface area contributed by atoms with Crippen LogP contribution >= 0.6 is 0 Å². The minimum atomic E-state index is -0.192. The summed E-state index contributed by atoms with van der Waals surface area (Å²) in [5.41, 5.74) is 2.03. The van der Waals surface area contributed by atoms with E-state index in [1.807, 2.05) is 0 Å². The van der Waals surface area contributed by atoms with Crippen molar-refractivity contribution in [2.24, 2.45) is 0 Å². The number of carbonyl (C=O) groups is 1. The summed E-state index contributed by atoms with van der Waals surface area (Å²) >= 11 is 0. The van der Waals surface area contributed by atoms with Crippen LogP contribution in [0.4, 0.5) is 4.79 Å². The molecule has 2 aliphatic rings. The monoisotopic (exact) mass is 320 g/mol. The van der Waals surface area contributed by atoms with E-state index < -0.39 is 0 Å². The fourth-order valence-electron chi connectivity index (χ4n) is 3.11. The number of aromatic nitrogens is 2. The highest BCUT2D eigenvalue weighted by molar-refractivity contribution is 5.74. The predicted octanol–water partition coefficient (Wildman–Crippen LogP) is 0.600. The summed E-state index contributed by atoms with van der Waals surface area (Å²) in [6.07, 6.45) is 5.84. The molecule has 1 saturated heterocycles. The van der Waals surface area contributed by atoms with Gasteiger partial charge in [0.1, 0.15) is 0 Å². The number of nitrogens with zero attached hydrogens (tertiary/aromatic N) is 2. The zero-order chi connectivity index (χ0) is 16.1. The number of aryl methyl sites for hydroxylation is 2. The zero-order valence-corrected chi connectivity index (χ0v) is 13.3. The second-order valence-corrected chi connectivity index (χ2v) is 6.17. The van der Waals surface area contributed by atoms with Crippen molar-refractivity contribution in [2.45, 2.75) is 51.1 Å². The Morgan fingerprint density at radius 1 is 1.30 bits per heavy atom. The van der Waals surface area contributed by atoms with Gasteiger partial charge in [-0.3, -0.25) is 4.79 Å². The van der Waals surface area contributed by atoms with Crippen LogP contribution in [0.5, 0.6) is 0 Å². The molecule has 0 bridgehead atoms. The Labute approximate surface area is 135 Å². The molecule has 0 aromatic carbocycles. The first-order valence-corrected chi connectivity index (χ1v) is 8.44. The Bertz CT molecular complexity index is 608. The second kappa shape index (κ2) is 7.59. The lowest BCUT2D eigenvalue weighted by atomic mass is 9.97. The fourth-order valence-corrected chi connectivity index (χ4v) is 3.11. The average Bonchev–Trinajstić information content (AvgIpc) is 2.56. The summed E-state index contributed by atoms with van der Waals surface area (Å²) in [7, 11) is 0. The molecule has 7 heteroatoms. The number of ether oxygens (including phenoxy) is 1. The Kier molecular flexibility index (Phi) is 5.27. The minimum Gasteiger partial charge on any atom is -0.381 e. The Balaban J connectivity index is 1.48. The molecular weight excluding hydrogens is 296 g/mol. The molecule has 1 aromatic rings. The number of amides is 2. The summed E-state index contributed by atoms with van der Waals surface area (Å²) in [6.45, 7) is 2.17. The molecule has 2 N–H and O–H groups in total. The number of nitrogens with one attached hydrogen (secondary N) is 2. The molecule has 126 valence electrons. The summed E-state index contributed by atoms with van der Waals surface area (Å²) < 4.78 is 6.72. The lowest BCUT2D eigenvalue weighted by Gasteiger charge is -2.23. The Morgan fingerprint density at radius 2 is 2.09 bits per heavy atom. The zero-order valence-electron chi connectivity index (χ0n) is 13.3. The summed E-state index contributed by atoms with van der Waals surface area (Å²) in [4.78, 5) is 23.9. The van der Waals surface area contributed by atoms with Crippen molar-refractivity contribution in [3.05, 3.63) is 27.7 Å². The van der Waals surface area contributed by atoms with Crippen LogP contribution < -0.4 is 16.2 Å². The first-order chi connectivity index (χ1) is 11.2. The number of rotatable bonds is 4. The van der Waals surface area contributed by atoms with Crippen LogP contribution in [0, 0.1) is 0 Å². The van der Waals surface area contributed by atoms with Gasteiger partial charge in [0.15, 0.2) is 0 Å². The average molecular weight is 320 g/mol. The van der Waals surface area contributed by atoms with Gasteiger partial charge in [0, 0.05) is 31.9 Å². The van der Waals surface area contributed by atoms with Crippen molar-refractivity contribution in [3.8, 4) is 0 Å². The minimum absolute atomic E-state index is 0.0858. The predicted molar refractivity (Wildman–Crippen MR) is 85.5 cm³/mol.